The Hall–Kier alpha value is -1.84. The van der Waals surface area contributed by atoms with Crippen LogP contribution in [0.4, 0.5) is 4.39 Å². The molecule has 1 heterocycles. The molecule has 0 bridgehead atoms. The molecule has 0 saturated heterocycles. The first kappa shape index (κ1) is 13.6. The predicted molar refractivity (Wildman–Crippen MR) is 73.4 cm³/mol. The summed E-state index contributed by atoms with van der Waals surface area (Å²) in [5, 5.41) is 0. The largest absolute Gasteiger partial charge is 0.251 e. The molecular formula is C15H18FN3. The lowest BCUT2D eigenvalue weighted by Crippen LogP contribution is -1.99. The fourth-order valence-electron chi connectivity index (χ4n) is 1.91. The van der Waals surface area contributed by atoms with Crippen molar-refractivity contribution < 1.29 is 4.39 Å². The summed E-state index contributed by atoms with van der Waals surface area (Å²) >= 11 is 0. The van der Waals surface area contributed by atoms with Crippen LogP contribution >= 0.6 is 0 Å². The molecule has 0 aliphatic rings. The lowest BCUT2D eigenvalue weighted by molar-refractivity contribution is 0.452. The lowest BCUT2D eigenvalue weighted by atomic mass is 10.1. The van der Waals surface area contributed by atoms with Gasteiger partial charge in [0, 0.05) is 12.0 Å². The fraction of sp³-hybridized carbons (Fsp3) is 0.400. The molecule has 100 valence electrons. The molecule has 0 amide bonds. The van der Waals surface area contributed by atoms with Gasteiger partial charge in [0.25, 0.3) is 0 Å². The van der Waals surface area contributed by atoms with E-state index in [0.29, 0.717) is 12.2 Å². The SMILES string of the molecule is FCCCCCCc1ncnc(-c2ccccc2)n1. The van der Waals surface area contributed by atoms with Crippen LogP contribution in [-0.4, -0.2) is 21.6 Å². The number of hydrogen-bond acceptors (Lipinski definition) is 3. The van der Waals surface area contributed by atoms with E-state index in [-0.39, 0.29) is 6.67 Å². The van der Waals surface area contributed by atoms with Gasteiger partial charge in [-0.15, -0.1) is 0 Å². The molecule has 0 fully saturated rings. The van der Waals surface area contributed by atoms with E-state index >= 15 is 0 Å². The second-order valence-electron chi connectivity index (χ2n) is 4.44. The molecule has 0 atom stereocenters. The topological polar surface area (TPSA) is 38.7 Å². The summed E-state index contributed by atoms with van der Waals surface area (Å²) in [4.78, 5) is 12.8. The average Bonchev–Trinajstić information content (AvgIpc) is 2.48. The summed E-state index contributed by atoms with van der Waals surface area (Å²) in [5.41, 5.74) is 1.00. The minimum Gasteiger partial charge on any atom is -0.251 e. The number of aryl methyl sites for hydroxylation is 1. The summed E-state index contributed by atoms with van der Waals surface area (Å²) in [6.45, 7) is -0.218. The van der Waals surface area contributed by atoms with E-state index in [2.05, 4.69) is 15.0 Å². The minimum atomic E-state index is -0.218. The molecular weight excluding hydrogens is 241 g/mol. The smallest absolute Gasteiger partial charge is 0.162 e. The number of halogens is 1. The minimum absolute atomic E-state index is 0.218. The molecule has 1 aromatic carbocycles. The number of hydrogen-bond donors (Lipinski definition) is 0. The number of unbranched alkanes of at least 4 members (excludes halogenated alkanes) is 3. The van der Waals surface area contributed by atoms with Gasteiger partial charge in [0.05, 0.1) is 6.67 Å². The van der Waals surface area contributed by atoms with Crippen molar-refractivity contribution in [2.24, 2.45) is 0 Å². The van der Waals surface area contributed by atoms with Crippen molar-refractivity contribution in [3.63, 3.8) is 0 Å². The highest BCUT2D eigenvalue weighted by Gasteiger charge is 2.03. The predicted octanol–water partition coefficient (Wildman–Crippen LogP) is 3.61. The van der Waals surface area contributed by atoms with E-state index in [1.807, 2.05) is 30.3 Å². The quantitative estimate of drug-likeness (QED) is 0.713. The van der Waals surface area contributed by atoms with Crippen LogP contribution in [0.25, 0.3) is 11.4 Å². The zero-order chi connectivity index (χ0) is 13.3. The summed E-state index contributed by atoms with van der Waals surface area (Å²) < 4.78 is 12.0. The van der Waals surface area contributed by atoms with E-state index < -0.39 is 0 Å². The molecule has 19 heavy (non-hydrogen) atoms. The Morgan fingerprint density at radius 1 is 0.895 bits per heavy atom. The Morgan fingerprint density at radius 3 is 2.47 bits per heavy atom. The maximum absolute atomic E-state index is 12.0. The fourth-order valence-corrected chi connectivity index (χ4v) is 1.91. The number of alkyl halides is 1. The number of rotatable bonds is 7. The van der Waals surface area contributed by atoms with Crippen molar-refractivity contribution in [1.82, 2.24) is 15.0 Å². The van der Waals surface area contributed by atoms with E-state index in [1.54, 1.807) is 6.33 Å². The third-order valence-corrected chi connectivity index (χ3v) is 2.94. The Bertz CT molecular complexity index is 488. The van der Waals surface area contributed by atoms with Crippen molar-refractivity contribution >= 4 is 0 Å². The monoisotopic (exact) mass is 259 g/mol. The molecule has 4 heteroatoms. The first-order chi connectivity index (χ1) is 9.40. The number of nitrogens with zero attached hydrogens (tertiary/aromatic N) is 3. The molecule has 2 rings (SSSR count). The van der Waals surface area contributed by atoms with Gasteiger partial charge >= 0.3 is 0 Å². The number of benzene rings is 1. The normalized spacial score (nSPS) is 10.6. The first-order valence-electron chi connectivity index (χ1n) is 6.69. The highest BCUT2D eigenvalue weighted by molar-refractivity contribution is 5.53. The van der Waals surface area contributed by atoms with Crippen LogP contribution in [0.5, 0.6) is 0 Å². The van der Waals surface area contributed by atoms with E-state index in [4.69, 9.17) is 0 Å². The zero-order valence-corrected chi connectivity index (χ0v) is 10.9. The van der Waals surface area contributed by atoms with Crippen molar-refractivity contribution in [1.29, 1.82) is 0 Å². The highest BCUT2D eigenvalue weighted by Crippen LogP contribution is 2.13. The van der Waals surface area contributed by atoms with E-state index in [1.165, 1.54) is 0 Å². The summed E-state index contributed by atoms with van der Waals surface area (Å²) in [5.74, 6) is 1.53. The Morgan fingerprint density at radius 2 is 1.68 bits per heavy atom. The molecule has 0 unspecified atom stereocenters. The molecule has 3 nitrogen and oxygen atoms in total. The second kappa shape index (κ2) is 7.56. The Labute approximate surface area is 113 Å². The van der Waals surface area contributed by atoms with Gasteiger partial charge in [0.15, 0.2) is 5.82 Å². The van der Waals surface area contributed by atoms with Gasteiger partial charge in [-0.25, -0.2) is 15.0 Å². The van der Waals surface area contributed by atoms with Gasteiger partial charge in [-0.2, -0.15) is 0 Å². The van der Waals surface area contributed by atoms with Crippen LogP contribution in [-0.2, 0) is 6.42 Å². The van der Waals surface area contributed by atoms with Crippen molar-refractivity contribution in [3.05, 3.63) is 42.5 Å². The van der Waals surface area contributed by atoms with Crippen LogP contribution in [0.2, 0.25) is 0 Å². The standard InChI is InChI=1S/C15H18FN3/c16-11-7-2-1-6-10-14-17-12-18-15(19-14)13-8-4-3-5-9-13/h3-5,8-9,12H,1-2,6-7,10-11H2. The molecule has 0 spiro atoms. The third-order valence-electron chi connectivity index (χ3n) is 2.94. The molecule has 2 aromatic rings. The average molecular weight is 259 g/mol. The zero-order valence-electron chi connectivity index (χ0n) is 10.9. The summed E-state index contributed by atoms with van der Waals surface area (Å²) in [7, 11) is 0. The van der Waals surface area contributed by atoms with Crippen LogP contribution in [0.15, 0.2) is 36.7 Å². The van der Waals surface area contributed by atoms with Crippen molar-refractivity contribution in [3.8, 4) is 11.4 Å². The molecule has 0 N–H and O–H groups in total. The van der Waals surface area contributed by atoms with Gasteiger partial charge < -0.3 is 0 Å². The molecule has 0 saturated carbocycles. The lowest BCUT2D eigenvalue weighted by Gasteiger charge is -2.03. The first-order valence-corrected chi connectivity index (χ1v) is 6.69. The Kier molecular flexibility index (Phi) is 5.41. The van der Waals surface area contributed by atoms with Gasteiger partial charge in [0.1, 0.15) is 12.2 Å². The van der Waals surface area contributed by atoms with Crippen molar-refractivity contribution in [2.75, 3.05) is 6.67 Å². The van der Waals surface area contributed by atoms with E-state index in [0.717, 1.165) is 37.1 Å². The molecule has 0 aliphatic carbocycles. The highest BCUT2D eigenvalue weighted by atomic mass is 19.1. The second-order valence-corrected chi connectivity index (χ2v) is 4.44. The molecule has 1 aromatic heterocycles. The van der Waals surface area contributed by atoms with Crippen molar-refractivity contribution in [2.45, 2.75) is 32.1 Å². The Balaban J connectivity index is 1.92. The molecule has 0 radical (unpaired) electrons. The van der Waals surface area contributed by atoms with Crippen LogP contribution < -0.4 is 0 Å². The van der Waals surface area contributed by atoms with Gasteiger partial charge in [-0.3, -0.25) is 4.39 Å². The molecule has 0 aliphatic heterocycles. The van der Waals surface area contributed by atoms with E-state index in [9.17, 15) is 4.39 Å². The maximum Gasteiger partial charge on any atom is 0.162 e. The van der Waals surface area contributed by atoms with Crippen LogP contribution in [0.3, 0.4) is 0 Å². The maximum atomic E-state index is 12.0. The van der Waals surface area contributed by atoms with Gasteiger partial charge in [-0.05, 0) is 12.8 Å². The number of aromatic nitrogens is 3. The van der Waals surface area contributed by atoms with Gasteiger partial charge in [0.2, 0.25) is 0 Å². The third kappa shape index (κ3) is 4.39. The van der Waals surface area contributed by atoms with Crippen LogP contribution in [0.1, 0.15) is 31.5 Å². The van der Waals surface area contributed by atoms with Crippen LogP contribution in [0, 0.1) is 0 Å². The summed E-state index contributed by atoms with van der Waals surface area (Å²) in [6.07, 6.45) is 6.01. The summed E-state index contributed by atoms with van der Waals surface area (Å²) in [6, 6.07) is 9.88. The van der Waals surface area contributed by atoms with Gasteiger partial charge in [-0.1, -0.05) is 43.2 Å².